The van der Waals surface area contributed by atoms with Gasteiger partial charge in [0.2, 0.25) is 5.91 Å². The highest BCUT2D eigenvalue weighted by Gasteiger charge is 2.36. The molecular formula is C12H15ClN2O2. The Labute approximate surface area is 105 Å². The minimum Gasteiger partial charge on any atom is -0.388 e. The van der Waals surface area contributed by atoms with Gasteiger partial charge in [0.15, 0.2) is 0 Å². The number of benzene rings is 1. The summed E-state index contributed by atoms with van der Waals surface area (Å²) in [6, 6.07) is 5.05. The van der Waals surface area contributed by atoms with Crippen LogP contribution in [-0.4, -0.2) is 34.6 Å². The van der Waals surface area contributed by atoms with Gasteiger partial charge in [-0.25, -0.2) is 0 Å². The molecule has 0 bridgehead atoms. The molecule has 17 heavy (non-hydrogen) atoms. The van der Waals surface area contributed by atoms with Crippen LogP contribution in [0.1, 0.15) is 22.8 Å². The fraction of sp³-hybridized carbons (Fsp3) is 0.417. The molecule has 1 heterocycles. The zero-order valence-electron chi connectivity index (χ0n) is 9.61. The first-order valence-electron chi connectivity index (χ1n) is 5.40. The van der Waals surface area contributed by atoms with E-state index < -0.39 is 11.5 Å². The van der Waals surface area contributed by atoms with E-state index in [4.69, 9.17) is 17.3 Å². The number of halogens is 1. The van der Waals surface area contributed by atoms with Crippen LogP contribution in [0.2, 0.25) is 5.02 Å². The minimum atomic E-state index is -0.584. The molecule has 0 atom stereocenters. The highest BCUT2D eigenvalue weighted by atomic mass is 35.5. The second-order valence-corrected chi connectivity index (χ2v) is 5.22. The summed E-state index contributed by atoms with van der Waals surface area (Å²) >= 11 is 6.07. The van der Waals surface area contributed by atoms with Crippen molar-refractivity contribution in [3.05, 3.63) is 34.3 Å². The van der Waals surface area contributed by atoms with Gasteiger partial charge in [0.05, 0.1) is 5.60 Å². The Morgan fingerprint density at radius 3 is 2.71 bits per heavy atom. The SMILES string of the molecule is CC1(O)CN(Cc2ccc(C(N)=O)cc2Cl)C1. The van der Waals surface area contributed by atoms with Crippen molar-refractivity contribution in [3.8, 4) is 0 Å². The maximum Gasteiger partial charge on any atom is 0.248 e. The number of carbonyl (C=O) groups excluding carboxylic acids is 1. The Morgan fingerprint density at radius 2 is 2.24 bits per heavy atom. The number of aliphatic hydroxyl groups is 1. The van der Waals surface area contributed by atoms with Crippen molar-refractivity contribution in [2.75, 3.05) is 13.1 Å². The van der Waals surface area contributed by atoms with Crippen LogP contribution >= 0.6 is 11.6 Å². The second-order valence-electron chi connectivity index (χ2n) is 4.81. The average Bonchev–Trinajstić information content (AvgIpc) is 2.17. The lowest BCUT2D eigenvalue weighted by atomic mass is 9.96. The number of hydrogen-bond acceptors (Lipinski definition) is 3. The van der Waals surface area contributed by atoms with Gasteiger partial charge in [-0.15, -0.1) is 0 Å². The Kier molecular flexibility index (Phi) is 3.12. The van der Waals surface area contributed by atoms with Crippen molar-refractivity contribution in [2.24, 2.45) is 5.73 Å². The van der Waals surface area contributed by atoms with Gasteiger partial charge in [0, 0.05) is 30.2 Å². The van der Waals surface area contributed by atoms with E-state index in [1.807, 2.05) is 0 Å². The number of carbonyl (C=O) groups is 1. The predicted molar refractivity (Wildman–Crippen MR) is 65.9 cm³/mol. The normalized spacial score (nSPS) is 18.8. The van der Waals surface area contributed by atoms with Gasteiger partial charge in [-0.05, 0) is 24.6 Å². The highest BCUT2D eigenvalue weighted by Crippen LogP contribution is 2.25. The van der Waals surface area contributed by atoms with Gasteiger partial charge in [0.25, 0.3) is 0 Å². The van der Waals surface area contributed by atoms with Crippen molar-refractivity contribution >= 4 is 17.5 Å². The van der Waals surface area contributed by atoms with Crippen molar-refractivity contribution in [1.82, 2.24) is 4.90 Å². The molecule has 4 nitrogen and oxygen atoms in total. The van der Waals surface area contributed by atoms with E-state index in [1.54, 1.807) is 25.1 Å². The van der Waals surface area contributed by atoms with E-state index in [2.05, 4.69) is 4.90 Å². The first-order valence-corrected chi connectivity index (χ1v) is 5.78. The van der Waals surface area contributed by atoms with Crippen molar-refractivity contribution < 1.29 is 9.90 Å². The zero-order chi connectivity index (χ0) is 12.6. The fourth-order valence-electron chi connectivity index (χ4n) is 2.10. The van der Waals surface area contributed by atoms with E-state index in [0.29, 0.717) is 30.2 Å². The minimum absolute atomic E-state index is 0.411. The third-order valence-corrected chi connectivity index (χ3v) is 3.21. The second kappa shape index (κ2) is 4.29. The van der Waals surface area contributed by atoms with Crippen LogP contribution in [0.5, 0.6) is 0 Å². The molecule has 1 fully saturated rings. The summed E-state index contributed by atoms with van der Waals surface area (Å²) in [4.78, 5) is 13.0. The number of primary amides is 1. The molecule has 0 spiro atoms. The zero-order valence-corrected chi connectivity index (χ0v) is 10.4. The lowest BCUT2D eigenvalue weighted by Crippen LogP contribution is -2.59. The summed E-state index contributed by atoms with van der Waals surface area (Å²) in [5, 5.41) is 10.1. The lowest BCUT2D eigenvalue weighted by Gasteiger charge is -2.44. The number of likely N-dealkylation sites (tertiary alicyclic amines) is 1. The van der Waals surface area contributed by atoms with Crippen LogP contribution in [0.25, 0.3) is 0 Å². The molecule has 3 N–H and O–H groups in total. The Bertz CT molecular complexity index is 452. The summed E-state index contributed by atoms with van der Waals surface area (Å²) in [6.07, 6.45) is 0. The van der Waals surface area contributed by atoms with Crippen molar-refractivity contribution in [2.45, 2.75) is 19.1 Å². The van der Waals surface area contributed by atoms with Gasteiger partial charge in [0.1, 0.15) is 0 Å². The standard InChI is InChI=1S/C12H15ClN2O2/c1-12(17)6-15(7-12)5-9-3-2-8(11(14)16)4-10(9)13/h2-4,17H,5-7H2,1H3,(H2,14,16). The van der Waals surface area contributed by atoms with Crippen LogP contribution in [0.4, 0.5) is 0 Å². The van der Waals surface area contributed by atoms with Gasteiger partial charge in [-0.3, -0.25) is 9.69 Å². The molecule has 1 saturated heterocycles. The van der Waals surface area contributed by atoms with Crippen LogP contribution in [-0.2, 0) is 6.54 Å². The van der Waals surface area contributed by atoms with Gasteiger partial charge in [-0.1, -0.05) is 17.7 Å². The van der Waals surface area contributed by atoms with E-state index in [-0.39, 0.29) is 0 Å². The number of nitrogens with two attached hydrogens (primary N) is 1. The smallest absolute Gasteiger partial charge is 0.248 e. The summed E-state index contributed by atoms with van der Waals surface area (Å²) < 4.78 is 0. The molecule has 5 heteroatoms. The molecule has 0 unspecified atom stereocenters. The van der Waals surface area contributed by atoms with Crippen LogP contribution < -0.4 is 5.73 Å². The molecule has 0 aromatic heterocycles. The number of nitrogens with zero attached hydrogens (tertiary/aromatic N) is 1. The summed E-state index contributed by atoms with van der Waals surface area (Å²) in [6.45, 7) is 3.76. The monoisotopic (exact) mass is 254 g/mol. The molecule has 1 aromatic rings. The Morgan fingerprint density at radius 1 is 1.59 bits per heavy atom. The molecule has 1 aromatic carbocycles. The summed E-state index contributed by atoms with van der Waals surface area (Å²) in [5.41, 5.74) is 5.93. The van der Waals surface area contributed by atoms with Crippen LogP contribution in [0, 0.1) is 0 Å². The summed E-state index contributed by atoms with van der Waals surface area (Å²) in [5.74, 6) is -0.481. The number of amides is 1. The molecule has 1 aliphatic heterocycles. The van der Waals surface area contributed by atoms with E-state index >= 15 is 0 Å². The maximum absolute atomic E-state index is 11.0. The molecule has 1 amide bonds. The molecule has 92 valence electrons. The quantitative estimate of drug-likeness (QED) is 0.846. The molecule has 0 saturated carbocycles. The number of hydrogen-bond donors (Lipinski definition) is 2. The molecule has 2 rings (SSSR count). The van der Waals surface area contributed by atoms with Crippen molar-refractivity contribution in [1.29, 1.82) is 0 Å². The van der Waals surface area contributed by atoms with E-state index in [1.165, 1.54) is 0 Å². The Balaban J connectivity index is 2.05. The highest BCUT2D eigenvalue weighted by molar-refractivity contribution is 6.31. The lowest BCUT2D eigenvalue weighted by molar-refractivity contribution is -0.0871. The first kappa shape index (κ1) is 12.4. The number of rotatable bonds is 3. The molecule has 0 radical (unpaired) electrons. The van der Waals surface area contributed by atoms with Gasteiger partial charge < -0.3 is 10.8 Å². The van der Waals surface area contributed by atoms with E-state index in [9.17, 15) is 9.90 Å². The molecule has 0 aliphatic carbocycles. The topological polar surface area (TPSA) is 66.6 Å². The predicted octanol–water partition coefficient (Wildman–Crippen LogP) is 1.01. The maximum atomic E-state index is 11.0. The van der Waals surface area contributed by atoms with E-state index in [0.717, 1.165) is 5.56 Å². The average molecular weight is 255 g/mol. The third-order valence-electron chi connectivity index (χ3n) is 2.86. The van der Waals surface area contributed by atoms with Crippen molar-refractivity contribution in [3.63, 3.8) is 0 Å². The van der Waals surface area contributed by atoms with Gasteiger partial charge in [-0.2, -0.15) is 0 Å². The number of β-amino-alcohol motifs (C(OH)–C–C–N with tert-alkyl or cyclic N) is 1. The molecular weight excluding hydrogens is 240 g/mol. The molecule has 1 aliphatic rings. The van der Waals surface area contributed by atoms with Crippen LogP contribution in [0.3, 0.4) is 0 Å². The van der Waals surface area contributed by atoms with Gasteiger partial charge >= 0.3 is 0 Å². The summed E-state index contributed by atoms with van der Waals surface area (Å²) in [7, 11) is 0. The third kappa shape index (κ3) is 2.77. The Hall–Kier alpha value is -1.10. The fourth-order valence-corrected chi connectivity index (χ4v) is 2.34. The first-order chi connectivity index (χ1) is 7.87. The largest absolute Gasteiger partial charge is 0.388 e. The van der Waals surface area contributed by atoms with Crippen LogP contribution in [0.15, 0.2) is 18.2 Å².